The maximum Gasteiger partial charge on any atom is 0.344 e. The van der Waals surface area contributed by atoms with Crippen LogP contribution in [0.3, 0.4) is 0 Å². The molecule has 1 saturated heterocycles. The quantitative estimate of drug-likeness (QED) is 0.583. The smallest absolute Gasteiger partial charge is 0.344 e. The lowest BCUT2D eigenvalue weighted by atomic mass is 10.00. The second-order valence-corrected chi connectivity index (χ2v) is 8.15. The summed E-state index contributed by atoms with van der Waals surface area (Å²) in [6.45, 7) is 3.17. The van der Waals surface area contributed by atoms with Crippen molar-refractivity contribution in [3.63, 3.8) is 0 Å². The normalized spacial score (nSPS) is 17.5. The molecule has 2 N–H and O–H groups in total. The molecule has 2 heterocycles. The number of aromatic nitrogens is 3. The van der Waals surface area contributed by atoms with Gasteiger partial charge in [-0.3, -0.25) is 9.36 Å². The summed E-state index contributed by atoms with van der Waals surface area (Å²) in [4.78, 5) is 24.6. The number of carbonyl (C=O) groups excluding carboxylic acids is 1. The zero-order valence-corrected chi connectivity index (χ0v) is 17.1. The zero-order valence-electron chi connectivity index (χ0n) is 16.3. The van der Waals surface area contributed by atoms with Crippen molar-refractivity contribution in [2.45, 2.75) is 43.6 Å². The van der Waals surface area contributed by atoms with Gasteiger partial charge in [0.15, 0.2) is 5.16 Å². The number of thioether (sulfide) groups is 1. The molecular formula is C21H24N4O3S. The summed E-state index contributed by atoms with van der Waals surface area (Å²) in [5.41, 5.74) is 0.809. The lowest BCUT2D eigenvalue weighted by Gasteiger charge is -2.16. The van der Waals surface area contributed by atoms with Gasteiger partial charge in [-0.05, 0) is 36.1 Å². The lowest BCUT2D eigenvalue weighted by molar-refractivity contribution is -0.119. The van der Waals surface area contributed by atoms with Gasteiger partial charge in [-0.15, -0.1) is 5.10 Å². The summed E-state index contributed by atoms with van der Waals surface area (Å²) in [6.07, 6.45) is 1.98. The van der Waals surface area contributed by atoms with Gasteiger partial charge in [0.2, 0.25) is 5.91 Å². The van der Waals surface area contributed by atoms with E-state index in [0.717, 1.165) is 35.8 Å². The number of carbonyl (C=O) groups is 1. The molecule has 4 rings (SSSR count). The molecule has 1 fully saturated rings. The van der Waals surface area contributed by atoms with Crippen molar-refractivity contribution in [1.29, 1.82) is 0 Å². The first-order valence-electron chi connectivity index (χ1n) is 9.78. The standard InChI is InChI=1S/C21H24N4O3S/c1-14(17-10-4-7-15-6-2-3-9-18(15)17)22-19(26)13-29-21-24-23-20(27)25(21)12-16-8-5-11-28-16/h2-4,6-7,9-10,14,16H,5,8,11-13H2,1H3,(H,22,26)(H,23,27)/t14-,16-/m1/s1. The van der Waals surface area contributed by atoms with Crippen molar-refractivity contribution in [2.24, 2.45) is 0 Å². The van der Waals surface area contributed by atoms with Crippen LogP contribution < -0.4 is 11.0 Å². The summed E-state index contributed by atoms with van der Waals surface area (Å²) in [5, 5.41) is 12.4. The van der Waals surface area contributed by atoms with E-state index in [9.17, 15) is 9.59 Å². The highest BCUT2D eigenvalue weighted by Crippen LogP contribution is 2.24. The molecule has 0 bridgehead atoms. The molecule has 1 aliphatic heterocycles. The van der Waals surface area contributed by atoms with Crippen LogP contribution in [0.25, 0.3) is 10.8 Å². The van der Waals surface area contributed by atoms with E-state index in [-0.39, 0.29) is 29.5 Å². The van der Waals surface area contributed by atoms with E-state index in [1.165, 1.54) is 11.8 Å². The molecule has 152 valence electrons. The van der Waals surface area contributed by atoms with Crippen molar-refractivity contribution in [3.05, 3.63) is 58.5 Å². The van der Waals surface area contributed by atoms with E-state index in [2.05, 4.69) is 33.7 Å². The van der Waals surface area contributed by atoms with Gasteiger partial charge >= 0.3 is 5.69 Å². The number of fused-ring (bicyclic) bond motifs is 1. The number of ether oxygens (including phenoxy) is 1. The van der Waals surface area contributed by atoms with Crippen molar-refractivity contribution in [3.8, 4) is 0 Å². The molecule has 3 aromatic rings. The molecule has 1 aliphatic rings. The zero-order chi connectivity index (χ0) is 20.2. The van der Waals surface area contributed by atoms with E-state index in [0.29, 0.717) is 11.7 Å². The van der Waals surface area contributed by atoms with Crippen molar-refractivity contribution in [1.82, 2.24) is 20.1 Å². The Morgan fingerprint density at radius 1 is 1.34 bits per heavy atom. The van der Waals surface area contributed by atoms with Crippen LogP contribution in [0.2, 0.25) is 0 Å². The Bertz CT molecular complexity index is 1050. The van der Waals surface area contributed by atoms with E-state index in [1.54, 1.807) is 4.57 Å². The Morgan fingerprint density at radius 3 is 3.00 bits per heavy atom. The third kappa shape index (κ3) is 4.54. The van der Waals surface area contributed by atoms with Crippen molar-refractivity contribution in [2.75, 3.05) is 12.4 Å². The summed E-state index contributed by atoms with van der Waals surface area (Å²) in [6, 6.07) is 14.1. The number of rotatable bonds is 7. The van der Waals surface area contributed by atoms with Crippen LogP contribution in [-0.2, 0) is 16.1 Å². The predicted octanol–water partition coefficient (Wildman–Crippen LogP) is 2.87. The molecule has 29 heavy (non-hydrogen) atoms. The van der Waals surface area contributed by atoms with Gasteiger partial charge in [0.1, 0.15) is 0 Å². The molecule has 1 aromatic heterocycles. The predicted molar refractivity (Wildman–Crippen MR) is 113 cm³/mol. The van der Waals surface area contributed by atoms with Crippen LogP contribution in [0.4, 0.5) is 0 Å². The molecule has 2 aromatic carbocycles. The van der Waals surface area contributed by atoms with E-state index < -0.39 is 0 Å². The molecule has 7 nitrogen and oxygen atoms in total. The van der Waals surface area contributed by atoms with Gasteiger partial charge in [0.05, 0.1) is 24.4 Å². The summed E-state index contributed by atoms with van der Waals surface area (Å²) < 4.78 is 7.17. The molecule has 0 unspecified atom stereocenters. The number of amides is 1. The highest BCUT2D eigenvalue weighted by atomic mass is 32.2. The number of hydrogen-bond acceptors (Lipinski definition) is 5. The average Bonchev–Trinajstić information content (AvgIpc) is 3.37. The SMILES string of the molecule is C[C@@H](NC(=O)CSc1n[nH]c(=O)n1C[C@H]1CCCO1)c1cccc2ccccc12. The maximum atomic E-state index is 12.5. The minimum absolute atomic E-state index is 0.0323. The molecular weight excluding hydrogens is 388 g/mol. The van der Waals surface area contributed by atoms with E-state index in [1.807, 2.05) is 31.2 Å². The molecule has 1 amide bonds. The Kier molecular flexibility index (Phi) is 6.01. The number of aromatic amines is 1. The molecule has 2 atom stereocenters. The van der Waals surface area contributed by atoms with Crippen LogP contribution in [0.5, 0.6) is 0 Å². The second kappa shape index (κ2) is 8.84. The number of benzene rings is 2. The van der Waals surface area contributed by atoms with E-state index in [4.69, 9.17) is 4.74 Å². The Labute approximate surface area is 172 Å². The minimum atomic E-state index is -0.271. The highest BCUT2D eigenvalue weighted by Gasteiger charge is 2.20. The van der Waals surface area contributed by atoms with Gasteiger partial charge in [-0.2, -0.15) is 0 Å². The molecule has 0 spiro atoms. The summed E-state index contributed by atoms with van der Waals surface area (Å²) >= 11 is 1.25. The topological polar surface area (TPSA) is 89.0 Å². The van der Waals surface area contributed by atoms with Crippen LogP contribution in [0, 0.1) is 0 Å². The van der Waals surface area contributed by atoms with Crippen LogP contribution >= 0.6 is 11.8 Å². The fourth-order valence-corrected chi connectivity index (χ4v) is 4.45. The Morgan fingerprint density at radius 2 is 2.17 bits per heavy atom. The number of nitrogens with zero attached hydrogens (tertiary/aromatic N) is 2. The fourth-order valence-electron chi connectivity index (χ4n) is 3.69. The van der Waals surface area contributed by atoms with Crippen LogP contribution in [0.1, 0.15) is 31.4 Å². The number of nitrogens with one attached hydrogen (secondary N) is 2. The van der Waals surface area contributed by atoms with Gasteiger partial charge < -0.3 is 10.1 Å². The van der Waals surface area contributed by atoms with Crippen molar-refractivity contribution < 1.29 is 9.53 Å². The van der Waals surface area contributed by atoms with E-state index >= 15 is 0 Å². The largest absolute Gasteiger partial charge is 0.376 e. The average molecular weight is 413 g/mol. The molecule has 0 aliphatic carbocycles. The molecule has 0 radical (unpaired) electrons. The third-order valence-electron chi connectivity index (χ3n) is 5.13. The lowest BCUT2D eigenvalue weighted by Crippen LogP contribution is -2.29. The van der Waals surface area contributed by atoms with Gasteiger partial charge in [-0.1, -0.05) is 54.2 Å². The van der Waals surface area contributed by atoms with Gasteiger partial charge in [-0.25, -0.2) is 9.89 Å². The summed E-state index contributed by atoms with van der Waals surface area (Å²) in [7, 11) is 0. The number of hydrogen-bond donors (Lipinski definition) is 2. The van der Waals surface area contributed by atoms with Gasteiger partial charge in [0.25, 0.3) is 0 Å². The van der Waals surface area contributed by atoms with Crippen molar-refractivity contribution >= 4 is 28.4 Å². The molecule has 8 heteroatoms. The minimum Gasteiger partial charge on any atom is -0.376 e. The maximum absolute atomic E-state index is 12.5. The fraction of sp³-hybridized carbons (Fsp3) is 0.381. The first-order chi connectivity index (χ1) is 14.1. The highest BCUT2D eigenvalue weighted by molar-refractivity contribution is 7.99. The molecule has 0 saturated carbocycles. The Hall–Kier alpha value is -2.58. The first kappa shape index (κ1) is 19.7. The third-order valence-corrected chi connectivity index (χ3v) is 6.11. The number of H-pyrrole nitrogens is 1. The summed E-state index contributed by atoms with van der Waals surface area (Å²) in [5.74, 6) is 0.0832. The Balaban J connectivity index is 1.38. The first-order valence-corrected chi connectivity index (χ1v) is 10.8. The van der Waals surface area contributed by atoms with Gasteiger partial charge in [0, 0.05) is 6.61 Å². The van der Waals surface area contributed by atoms with Crippen LogP contribution in [0.15, 0.2) is 52.4 Å². The monoisotopic (exact) mass is 412 g/mol. The van der Waals surface area contributed by atoms with Crippen LogP contribution in [-0.4, -0.2) is 39.1 Å². The second-order valence-electron chi connectivity index (χ2n) is 7.20.